The molecule has 3 rings (SSSR count). The number of nitriles is 1. The monoisotopic (exact) mass is 367 g/mol. The topological polar surface area (TPSA) is 82.0 Å². The maximum absolute atomic E-state index is 12.6. The Balaban J connectivity index is 1.65. The molecule has 134 valence electrons. The molecule has 26 heavy (non-hydrogen) atoms. The second kappa shape index (κ2) is 8.63. The summed E-state index contributed by atoms with van der Waals surface area (Å²) in [6.07, 6.45) is 3.47. The third-order valence-electron chi connectivity index (χ3n) is 4.71. The van der Waals surface area contributed by atoms with Crippen molar-refractivity contribution in [1.82, 2.24) is 10.6 Å². The van der Waals surface area contributed by atoms with Gasteiger partial charge in [0.2, 0.25) is 5.91 Å². The van der Waals surface area contributed by atoms with Crippen LogP contribution in [0.25, 0.3) is 10.4 Å². The highest BCUT2D eigenvalue weighted by Gasteiger charge is 2.32. The Morgan fingerprint density at radius 2 is 1.92 bits per heavy atom. The summed E-state index contributed by atoms with van der Waals surface area (Å²) in [6.45, 7) is 0.000181. The first-order chi connectivity index (χ1) is 12.7. The van der Waals surface area contributed by atoms with Crippen LogP contribution in [0.5, 0.6) is 0 Å². The number of hydrogen-bond donors (Lipinski definition) is 2. The van der Waals surface area contributed by atoms with Crippen molar-refractivity contribution in [3.8, 4) is 16.5 Å². The summed E-state index contributed by atoms with van der Waals surface area (Å²) in [7, 11) is 0. The average molecular weight is 367 g/mol. The number of amides is 2. The van der Waals surface area contributed by atoms with Crippen molar-refractivity contribution in [2.24, 2.45) is 5.92 Å². The first-order valence-electron chi connectivity index (χ1n) is 8.78. The van der Waals surface area contributed by atoms with E-state index in [1.807, 2.05) is 47.8 Å². The molecule has 0 saturated heterocycles. The standard InChI is InChI=1S/C20H21N3O2S/c21-11-12-22-20(25)16-4-1-2-5-17(16)23-19(24)15-9-7-14(8-10-15)18-6-3-13-26-18/h3,6-10,13,16-17H,1-2,4-5,12H2,(H,22,25)(H,23,24)/t16-,17+/m1/s1. The van der Waals surface area contributed by atoms with E-state index in [9.17, 15) is 9.59 Å². The number of benzene rings is 1. The van der Waals surface area contributed by atoms with Crippen LogP contribution in [0.1, 0.15) is 36.0 Å². The molecular formula is C20H21N3O2S. The van der Waals surface area contributed by atoms with E-state index in [1.54, 1.807) is 11.3 Å². The zero-order chi connectivity index (χ0) is 18.4. The summed E-state index contributed by atoms with van der Waals surface area (Å²) in [5, 5.41) is 16.3. The van der Waals surface area contributed by atoms with Gasteiger partial charge in [-0.3, -0.25) is 9.59 Å². The predicted octanol–water partition coefficient (Wildman–Crippen LogP) is 3.34. The quantitative estimate of drug-likeness (QED) is 0.795. The zero-order valence-corrected chi connectivity index (χ0v) is 15.2. The molecule has 1 fully saturated rings. The normalized spacial score (nSPS) is 19.3. The van der Waals surface area contributed by atoms with Gasteiger partial charge in [0.25, 0.3) is 5.91 Å². The number of rotatable bonds is 5. The molecule has 1 aromatic heterocycles. The average Bonchev–Trinajstić information content (AvgIpc) is 3.21. The van der Waals surface area contributed by atoms with Gasteiger partial charge in [-0.15, -0.1) is 11.3 Å². The molecule has 1 heterocycles. The summed E-state index contributed by atoms with van der Waals surface area (Å²) in [4.78, 5) is 26.0. The number of carbonyl (C=O) groups is 2. The molecule has 1 aliphatic carbocycles. The van der Waals surface area contributed by atoms with Crippen molar-refractivity contribution in [3.05, 3.63) is 47.3 Å². The van der Waals surface area contributed by atoms with E-state index in [2.05, 4.69) is 10.6 Å². The van der Waals surface area contributed by atoms with Gasteiger partial charge in [-0.2, -0.15) is 5.26 Å². The maximum Gasteiger partial charge on any atom is 0.251 e. The minimum atomic E-state index is -0.272. The van der Waals surface area contributed by atoms with E-state index in [0.29, 0.717) is 5.56 Å². The van der Waals surface area contributed by atoms with Gasteiger partial charge < -0.3 is 10.6 Å². The second-order valence-electron chi connectivity index (χ2n) is 6.40. The summed E-state index contributed by atoms with van der Waals surface area (Å²) < 4.78 is 0. The van der Waals surface area contributed by atoms with E-state index < -0.39 is 0 Å². The molecule has 2 amide bonds. The van der Waals surface area contributed by atoms with E-state index >= 15 is 0 Å². The lowest BCUT2D eigenvalue weighted by Crippen LogP contribution is -2.48. The van der Waals surface area contributed by atoms with Crippen LogP contribution < -0.4 is 10.6 Å². The van der Waals surface area contributed by atoms with E-state index in [-0.39, 0.29) is 30.3 Å². The Hall–Kier alpha value is -2.65. The number of carbonyl (C=O) groups excluding carboxylic acids is 2. The van der Waals surface area contributed by atoms with Crippen LogP contribution in [0.4, 0.5) is 0 Å². The second-order valence-corrected chi connectivity index (χ2v) is 7.35. The van der Waals surface area contributed by atoms with Gasteiger partial charge in [-0.1, -0.05) is 31.0 Å². The first-order valence-corrected chi connectivity index (χ1v) is 9.66. The lowest BCUT2D eigenvalue weighted by Gasteiger charge is -2.31. The molecule has 0 radical (unpaired) electrons. The molecular weight excluding hydrogens is 346 g/mol. The SMILES string of the molecule is N#CCNC(=O)[C@@H]1CCCC[C@@H]1NC(=O)c1ccc(-c2cccs2)cc1. The Bertz CT molecular complexity index is 793. The summed E-state index contributed by atoms with van der Waals surface area (Å²) in [6, 6.07) is 13.3. The Labute approximate surface area is 157 Å². The third-order valence-corrected chi connectivity index (χ3v) is 5.63. The van der Waals surface area contributed by atoms with Gasteiger partial charge in [0.1, 0.15) is 6.54 Å². The van der Waals surface area contributed by atoms with Crippen molar-refractivity contribution in [2.45, 2.75) is 31.7 Å². The Kier molecular flexibility index (Phi) is 6.03. The van der Waals surface area contributed by atoms with Gasteiger partial charge in [0, 0.05) is 16.5 Å². The molecule has 1 aliphatic rings. The molecule has 1 saturated carbocycles. The molecule has 2 aromatic rings. The largest absolute Gasteiger partial charge is 0.349 e. The van der Waals surface area contributed by atoms with Crippen molar-refractivity contribution in [1.29, 1.82) is 5.26 Å². The molecule has 6 heteroatoms. The smallest absolute Gasteiger partial charge is 0.251 e. The number of nitrogens with one attached hydrogen (secondary N) is 2. The zero-order valence-electron chi connectivity index (χ0n) is 14.4. The fourth-order valence-electron chi connectivity index (χ4n) is 3.36. The predicted molar refractivity (Wildman–Crippen MR) is 102 cm³/mol. The van der Waals surface area contributed by atoms with Crippen molar-refractivity contribution >= 4 is 23.2 Å². The molecule has 2 atom stereocenters. The minimum Gasteiger partial charge on any atom is -0.349 e. The van der Waals surface area contributed by atoms with Crippen LogP contribution in [0, 0.1) is 17.2 Å². The van der Waals surface area contributed by atoms with Crippen molar-refractivity contribution in [3.63, 3.8) is 0 Å². The molecule has 0 spiro atoms. The summed E-state index contributed by atoms with van der Waals surface area (Å²) in [5.41, 5.74) is 1.68. The van der Waals surface area contributed by atoms with E-state index in [4.69, 9.17) is 5.26 Å². The molecule has 1 aromatic carbocycles. The van der Waals surface area contributed by atoms with Gasteiger partial charge in [-0.05, 0) is 42.0 Å². The lowest BCUT2D eigenvalue weighted by molar-refractivity contribution is -0.126. The molecule has 0 bridgehead atoms. The van der Waals surface area contributed by atoms with Gasteiger partial charge in [0.05, 0.1) is 12.0 Å². The molecule has 2 N–H and O–H groups in total. The molecule has 5 nitrogen and oxygen atoms in total. The number of hydrogen-bond acceptors (Lipinski definition) is 4. The van der Waals surface area contributed by atoms with Crippen LogP contribution in [0.3, 0.4) is 0 Å². The van der Waals surface area contributed by atoms with Crippen molar-refractivity contribution < 1.29 is 9.59 Å². The van der Waals surface area contributed by atoms with Crippen LogP contribution in [-0.2, 0) is 4.79 Å². The minimum absolute atomic E-state index is 0.000181. The first kappa shape index (κ1) is 18.2. The van der Waals surface area contributed by atoms with Crippen LogP contribution >= 0.6 is 11.3 Å². The van der Waals surface area contributed by atoms with Gasteiger partial charge >= 0.3 is 0 Å². The van der Waals surface area contributed by atoms with Gasteiger partial charge in [-0.25, -0.2) is 0 Å². The molecule has 0 aliphatic heterocycles. The Morgan fingerprint density at radius 3 is 2.62 bits per heavy atom. The maximum atomic E-state index is 12.6. The highest BCUT2D eigenvalue weighted by Crippen LogP contribution is 2.26. The highest BCUT2D eigenvalue weighted by molar-refractivity contribution is 7.13. The fourth-order valence-corrected chi connectivity index (χ4v) is 4.09. The van der Waals surface area contributed by atoms with Crippen LogP contribution in [0.15, 0.2) is 41.8 Å². The van der Waals surface area contributed by atoms with Crippen LogP contribution in [0.2, 0.25) is 0 Å². The van der Waals surface area contributed by atoms with Crippen molar-refractivity contribution in [2.75, 3.05) is 6.54 Å². The van der Waals surface area contributed by atoms with Gasteiger partial charge in [0.15, 0.2) is 0 Å². The lowest BCUT2D eigenvalue weighted by atomic mass is 9.83. The Morgan fingerprint density at radius 1 is 1.15 bits per heavy atom. The summed E-state index contributed by atoms with van der Waals surface area (Å²) >= 11 is 1.66. The third kappa shape index (κ3) is 4.30. The molecule has 0 unspecified atom stereocenters. The highest BCUT2D eigenvalue weighted by atomic mass is 32.1. The summed E-state index contributed by atoms with van der Waals surface area (Å²) in [5.74, 6) is -0.580. The number of thiophene rings is 1. The van der Waals surface area contributed by atoms with E-state index in [0.717, 1.165) is 31.2 Å². The van der Waals surface area contributed by atoms with E-state index in [1.165, 1.54) is 4.88 Å². The number of nitrogens with zero attached hydrogens (tertiary/aromatic N) is 1. The van der Waals surface area contributed by atoms with Crippen LogP contribution in [-0.4, -0.2) is 24.4 Å². The fraction of sp³-hybridized carbons (Fsp3) is 0.350.